The first-order valence-electron chi connectivity index (χ1n) is 25.4. The number of furan rings is 1. The third-order valence-electron chi connectivity index (χ3n) is 13.0. The van der Waals surface area contributed by atoms with Gasteiger partial charge in [0.15, 0.2) is 0 Å². The Labute approximate surface area is 428 Å². The molecule has 6 aromatic carbocycles. The van der Waals surface area contributed by atoms with Gasteiger partial charge >= 0.3 is 0 Å². The molecule has 0 atom stereocenters. The van der Waals surface area contributed by atoms with Gasteiger partial charge < -0.3 is 9.32 Å². The van der Waals surface area contributed by atoms with E-state index < -0.39 is 5.41 Å². The van der Waals surface area contributed by atoms with Crippen molar-refractivity contribution in [3.05, 3.63) is 275 Å². The molecule has 1 aliphatic carbocycles. The molecule has 2 nitrogen and oxygen atoms in total. The van der Waals surface area contributed by atoms with E-state index in [1.165, 1.54) is 66.8 Å². The van der Waals surface area contributed by atoms with Gasteiger partial charge in [-0.2, -0.15) is 0 Å². The lowest BCUT2D eigenvalue weighted by Gasteiger charge is -2.36. The summed E-state index contributed by atoms with van der Waals surface area (Å²) in [6.07, 6.45) is 18.3. The first kappa shape index (κ1) is 54.5. The molecule has 0 saturated heterocycles. The Hall–Kier alpha value is -7.42. The van der Waals surface area contributed by atoms with Crippen LogP contribution in [-0.4, -0.2) is 0 Å². The predicted octanol–water partition coefficient (Wildman–Crippen LogP) is 20.0. The minimum Gasteiger partial charge on any atom is -0.465 e. The Morgan fingerprint density at radius 1 is 0.648 bits per heavy atom. The maximum Gasteiger partial charge on any atom is 0.112 e. The number of nitrogens with zero attached hydrogens (tertiary/aromatic N) is 1. The van der Waals surface area contributed by atoms with Crippen molar-refractivity contribution in [2.45, 2.75) is 94.4 Å². The maximum absolute atomic E-state index is 5.93. The zero-order chi connectivity index (χ0) is 51.7. The number of aryl methyl sites for hydroxylation is 5. The topological polar surface area (TPSA) is 16.4 Å². The highest BCUT2D eigenvalue weighted by molar-refractivity contribution is 5.98. The summed E-state index contributed by atoms with van der Waals surface area (Å²) >= 11 is 0. The van der Waals surface area contributed by atoms with Gasteiger partial charge in [-0.25, -0.2) is 0 Å². The zero-order valence-electron chi connectivity index (χ0n) is 44.6. The fourth-order valence-electron chi connectivity index (χ4n) is 9.79. The van der Waals surface area contributed by atoms with Crippen molar-refractivity contribution in [2.24, 2.45) is 5.92 Å². The monoisotopic (exact) mass is 936 g/mol. The SMILES string of the molecule is C/C=C(\c1c(CC)oc(C)c1/C=C\CC)C(C)C.C=C/C=C(\C=C)N(c1ccc(C)cc1)c1cc2c(c(C=C)c1C=C)-c1ccc(C)cc1C2(c1ccccc1)c1ccccc1.CC.Cc1ccccc1. The molecule has 0 saturated carbocycles. The van der Waals surface area contributed by atoms with Gasteiger partial charge in [0.2, 0.25) is 0 Å². The molecule has 2 heteroatoms. The summed E-state index contributed by atoms with van der Waals surface area (Å²) in [6, 6.07) is 49.9. The van der Waals surface area contributed by atoms with Crippen LogP contribution in [0.1, 0.15) is 128 Å². The highest BCUT2D eigenvalue weighted by Crippen LogP contribution is 2.59. The van der Waals surface area contributed by atoms with Crippen LogP contribution in [0.5, 0.6) is 0 Å². The Morgan fingerprint density at radius 3 is 1.66 bits per heavy atom. The average molecular weight is 936 g/mol. The zero-order valence-corrected chi connectivity index (χ0v) is 44.6. The van der Waals surface area contributed by atoms with Gasteiger partial charge in [0.1, 0.15) is 11.5 Å². The van der Waals surface area contributed by atoms with Crippen LogP contribution in [0, 0.1) is 33.6 Å². The number of hydrogen-bond donors (Lipinski definition) is 0. The van der Waals surface area contributed by atoms with E-state index in [-0.39, 0.29) is 0 Å². The standard InChI is InChI=1S/C43H37N.C17H26O.C7H8.C2H6/c1-7-17-34(8-2)44(35-25-22-30(5)23-26-35)41-29-40-42(37(10-4)36(41)9-3)38-27-24-31(6)28-39(38)43(40,32-18-13-11-14-19-32)33-20-15-12-16-21-33;1-7-10-11-15-13(6)18-16(9-3)17(15)14(8-2)12(4)5;1-7-5-3-2-4-6-7;1-2/h7-29H,1-4H2,5-6H3;8,10-12H,7,9H2,1-6H3;2-6H,1H3;1-2H3/b34-17+;11-10-,14-8-;;. The molecule has 364 valence electrons. The largest absolute Gasteiger partial charge is 0.465 e. The molecule has 1 aromatic heterocycles. The van der Waals surface area contributed by atoms with Crippen molar-refractivity contribution >= 4 is 35.2 Å². The average Bonchev–Trinajstić information content (AvgIpc) is 3.87. The smallest absolute Gasteiger partial charge is 0.112 e. The van der Waals surface area contributed by atoms with Crippen LogP contribution in [0.2, 0.25) is 0 Å². The number of anilines is 2. The van der Waals surface area contributed by atoms with Crippen molar-refractivity contribution in [1.82, 2.24) is 0 Å². The summed E-state index contributed by atoms with van der Waals surface area (Å²) in [4.78, 5) is 2.26. The van der Waals surface area contributed by atoms with E-state index in [9.17, 15) is 0 Å². The minimum absolute atomic E-state index is 0.520. The molecule has 0 bridgehead atoms. The van der Waals surface area contributed by atoms with Crippen LogP contribution in [-0.2, 0) is 11.8 Å². The van der Waals surface area contributed by atoms with Gasteiger partial charge in [0, 0.05) is 34.5 Å². The van der Waals surface area contributed by atoms with Crippen LogP contribution < -0.4 is 4.90 Å². The highest BCUT2D eigenvalue weighted by atomic mass is 16.3. The fourth-order valence-corrected chi connectivity index (χ4v) is 9.79. The van der Waals surface area contributed by atoms with Crippen LogP contribution in [0.4, 0.5) is 11.4 Å². The molecule has 8 rings (SSSR count). The van der Waals surface area contributed by atoms with Crippen molar-refractivity contribution < 1.29 is 4.42 Å². The molecule has 0 aliphatic heterocycles. The summed E-state index contributed by atoms with van der Waals surface area (Å²) in [5.74, 6) is 2.67. The van der Waals surface area contributed by atoms with E-state index >= 15 is 0 Å². The van der Waals surface area contributed by atoms with Crippen molar-refractivity contribution in [2.75, 3.05) is 4.90 Å². The lowest BCUT2D eigenvalue weighted by atomic mass is 9.67. The molecule has 0 unspecified atom stereocenters. The van der Waals surface area contributed by atoms with Gasteiger partial charge in [0.25, 0.3) is 0 Å². The maximum atomic E-state index is 5.93. The minimum atomic E-state index is -0.555. The van der Waals surface area contributed by atoms with Crippen molar-refractivity contribution in [3.63, 3.8) is 0 Å². The van der Waals surface area contributed by atoms with E-state index in [4.69, 9.17) is 4.42 Å². The van der Waals surface area contributed by atoms with Crippen LogP contribution in [0.25, 0.3) is 34.9 Å². The van der Waals surface area contributed by atoms with Crippen LogP contribution in [0.3, 0.4) is 0 Å². The Kier molecular flexibility index (Phi) is 19.9. The van der Waals surface area contributed by atoms with E-state index in [2.05, 4.69) is 233 Å². The summed E-state index contributed by atoms with van der Waals surface area (Å²) in [7, 11) is 0. The molecular weight excluding hydrogens is 859 g/mol. The molecule has 1 heterocycles. The normalized spacial score (nSPS) is 12.3. The lowest BCUT2D eigenvalue weighted by Crippen LogP contribution is -2.29. The molecule has 7 aromatic rings. The second-order valence-corrected chi connectivity index (χ2v) is 17.9. The molecule has 0 spiro atoms. The molecule has 71 heavy (non-hydrogen) atoms. The summed E-state index contributed by atoms with van der Waals surface area (Å²) in [5.41, 5.74) is 19.5. The van der Waals surface area contributed by atoms with Crippen molar-refractivity contribution in [3.8, 4) is 11.1 Å². The second kappa shape index (κ2) is 26.0. The van der Waals surface area contributed by atoms with E-state index in [0.29, 0.717) is 5.92 Å². The van der Waals surface area contributed by atoms with E-state index in [1.807, 2.05) is 62.4 Å². The van der Waals surface area contributed by atoms with Gasteiger partial charge in [-0.3, -0.25) is 0 Å². The Bertz CT molecular complexity index is 2930. The third kappa shape index (κ3) is 11.6. The second-order valence-electron chi connectivity index (χ2n) is 17.9. The van der Waals surface area contributed by atoms with Crippen molar-refractivity contribution in [1.29, 1.82) is 0 Å². The van der Waals surface area contributed by atoms with Gasteiger partial charge in [-0.1, -0.05) is 242 Å². The fraction of sp³-hybridized carbons (Fsp3) is 0.217. The van der Waals surface area contributed by atoms with Gasteiger partial charge in [-0.15, -0.1) is 0 Å². The first-order chi connectivity index (χ1) is 34.4. The van der Waals surface area contributed by atoms with Crippen LogP contribution >= 0.6 is 0 Å². The van der Waals surface area contributed by atoms with Gasteiger partial charge in [0.05, 0.1) is 11.1 Å². The lowest BCUT2D eigenvalue weighted by molar-refractivity contribution is 0.487. The Balaban J connectivity index is 0.000000285. The number of hydrogen-bond acceptors (Lipinski definition) is 2. The van der Waals surface area contributed by atoms with Crippen LogP contribution in [0.15, 0.2) is 206 Å². The third-order valence-corrected chi connectivity index (χ3v) is 13.0. The number of rotatable bonds is 14. The summed E-state index contributed by atoms with van der Waals surface area (Å²) < 4.78 is 5.93. The molecule has 0 amide bonds. The summed E-state index contributed by atoms with van der Waals surface area (Å²) in [5, 5.41) is 0. The highest BCUT2D eigenvalue weighted by Gasteiger charge is 2.48. The first-order valence-corrected chi connectivity index (χ1v) is 25.4. The molecule has 1 aliphatic rings. The number of benzene rings is 6. The predicted molar refractivity (Wildman–Crippen MR) is 314 cm³/mol. The Morgan fingerprint density at radius 2 is 1.20 bits per heavy atom. The van der Waals surface area contributed by atoms with E-state index in [0.717, 1.165) is 52.6 Å². The molecule has 0 fully saturated rings. The molecular formula is C69H77NO. The number of fused-ring (bicyclic) bond motifs is 3. The molecule has 0 N–H and O–H groups in total. The quantitative estimate of drug-likeness (QED) is 0.101. The summed E-state index contributed by atoms with van der Waals surface area (Å²) in [6.45, 7) is 40.3. The molecule has 0 radical (unpaired) electrons. The van der Waals surface area contributed by atoms with Gasteiger partial charge in [-0.05, 0) is 122 Å². The van der Waals surface area contributed by atoms with E-state index in [1.54, 1.807) is 0 Å². The number of allylic oxidation sites excluding steroid dienone is 6.